The van der Waals surface area contributed by atoms with Gasteiger partial charge in [0.1, 0.15) is 17.1 Å². The summed E-state index contributed by atoms with van der Waals surface area (Å²) < 4.78 is 17.2. The summed E-state index contributed by atoms with van der Waals surface area (Å²) in [6.07, 6.45) is 2.62. The fourth-order valence-corrected chi connectivity index (χ4v) is 4.65. The maximum absolute atomic E-state index is 12.3. The van der Waals surface area contributed by atoms with Crippen LogP contribution in [0, 0.1) is 0 Å². The molecule has 4 aromatic rings. The molecule has 5 rings (SSSR count). The zero-order valence-electron chi connectivity index (χ0n) is 16.2. The summed E-state index contributed by atoms with van der Waals surface area (Å²) in [6.45, 7) is -0.181. The zero-order valence-corrected chi connectivity index (χ0v) is 17.0. The first-order valence-corrected chi connectivity index (χ1v) is 10.4. The molecule has 1 amide bonds. The number of nitrogens with zero attached hydrogens (tertiary/aromatic N) is 1. The van der Waals surface area contributed by atoms with E-state index in [0.29, 0.717) is 16.5 Å². The smallest absolute Gasteiger partial charge is 0.339 e. The Morgan fingerprint density at radius 3 is 2.87 bits per heavy atom. The predicted octanol–water partition coefficient (Wildman–Crippen LogP) is 3.92. The molecule has 152 valence electrons. The molecule has 1 N–H and O–H groups in total. The van der Waals surface area contributed by atoms with Crippen molar-refractivity contribution in [2.45, 2.75) is 19.3 Å². The van der Waals surface area contributed by atoms with E-state index in [1.165, 1.54) is 11.3 Å². The number of anilines is 1. The Labute approximate surface area is 175 Å². The van der Waals surface area contributed by atoms with Gasteiger partial charge in [0.05, 0.1) is 17.3 Å². The topological polar surface area (TPSA) is 90.7 Å². The second-order valence-corrected chi connectivity index (χ2v) is 8.08. The van der Waals surface area contributed by atoms with E-state index in [1.807, 2.05) is 24.3 Å². The van der Waals surface area contributed by atoms with E-state index in [9.17, 15) is 9.59 Å². The summed E-state index contributed by atoms with van der Waals surface area (Å²) in [5, 5.41) is 4.18. The minimum absolute atomic E-state index is 0.181. The van der Waals surface area contributed by atoms with Crippen LogP contribution in [0.3, 0.4) is 0 Å². The second kappa shape index (κ2) is 7.46. The Hall–Kier alpha value is -3.39. The summed E-state index contributed by atoms with van der Waals surface area (Å²) >= 11 is 1.36. The highest BCUT2D eigenvalue weighted by atomic mass is 32.1. The van der Waals surface area contributed by atoms with Crippen LogP contribution in [0.5, 0.6) is 11.5 Å². The van der Waals surface area contributed by atoms with Crippen molar-refractivity contribution in [1.82, 2.24) is 4.98 Å². The number of thiazole rings is 1. The third kappa shape index (κ3) is 3.39. The first-order chi connectivity index (χ1) is 14.6. The van der Waals surface area contributed by atoms with Gasteiger partial charge >= 0.3 is 5.63 Å². The molecule has 0 fully saturated rings. The number of benzene rings is 2. The molecule has 0 atom stereocenters. The number of hydrogen-bond donors (Lipinski definition) is 1. The van der Waals surface area contributed by atoms with Gasteiger partial charge in [-0.3, -0.25) is 10.1 Å². The highest BCUT2D eigenvalue weighted by molar-refractivity contribution is 7.22. The molecule has 0 unspecified atom stereocenters. The number of carbonyl (C=O) groups is 1. The SMILES string of the molecule is COc1ccc2nc(NC(=O)COc3ccc4c5c(c(=O)oc4c3)CCC5)sc2c1. The van der Waals surface area contributed by atoms with E-state index in [4.69, 9.17) is 13.9 Å². The van der Waals surface area contributed by atoms with E-state index < -0.39 is 0 Å². The number of rotatable bonds is 5. The molecule has 2 heterocycles. The highest BCUT2D eigenvalue weighted by Gasteiger charge is 2.19. The molecule has 0 spiro atoms. The lowest BCUT2D eigenvalue weighted by Gasteiger charge is -2.08. The van der Waals surface area contributed by atoms with Crippen LogP contribution in [0.2, 0.25) is 0 Å². The Morgan fingerprint density at radius 1 is 1.17 bits per heavy atom. The number of aryl methyl sites for hydroxylation is 1. The van der Waals surface area contributed by atoms with Gasteiger partial charge in [-0.2, -0.15) is 0 Å². The fraction of sp³-hybridized carbons (Fsp3) is 0.227. The number of amides is 1. The van der Waals surface area contributed by atoms with Gasteiger partial charge in [0, 0.05) is 17.0 Å². The number of carbonyl (C=O) groups excluding carboxylic acids is 1. The zero-order chi connectivity index (χ0) is 20.7. The summed E-state index contributed by atoms with van der Waals surface area (Å²) in [4.78, 5) is 28.8. The van der Waals surface area contributed by atoms with Gasteiger partial charge in [0.15, 0.2) is 11.7 Å². The molecule has 0 bridgehead atoms. The molecule has 0 radical (unpaired) electrons. The van der Waals surface area contributed by atoms with E-state index in [2.05, 4.69) is 10.3 Å². The molecular formula is C22H18N2O5S. The molecule has 8 heteroatoms. The minimum Gasteiger partial charge on any atom is -0.497 e. The van der Waals surface area contributed by atoms with Crippen molar-refractivity contribution in [3.8, 4) is 11.5 Å². The number of hydrogen-bond acceptors (Lipinski definition) is 7. The van der Waals surface area contributed by atoms with Gasteiger partial charge in [-0.15, -0.1) is 0 Å². The molecular weight excluding hydrogens is 404 g/mol. The molecule has 2 aromatic carbocycles. The highest BCUT2D eigenvalue weighted by Crippen LogP contribution is 2.30. The van der Waals surface area contributed by atoms with E-state index in [-0.39, 0.29) is 18.1 Å². The van der Waals surface area contributed by atoms with E-state index in [0.717, 1.165) is 51.7 Å². The summed E-state index contributed by atoms with van der Waals surface area (Å²) in [5.41, 5.74) is 2.84. The fourth-order valence-electron chi connectivity index (χ4n) is 3.74. The third-order valence-corrected chi connectivity index (χ3v) is 6.09. The third-order valence-electron chi connectivity index (χ3n) is 5.16. The summed E-state index contributed by atoms with van der Waals surface area (Å²) in [5.74, 6) is 0.880. The quantitative estimate of drug-likeness (QED) is 0.490. The van der Waals surface area contributed by atoms with Crippen LogP contribution in [0.15, 0.2) is 45.6 Å². The summed E-state index contributed by atoms with van der Waals surface area (Å²) in [7, 11) is 1.60. The standard InChI is InChI=1S/C22H18N2O5S/c1-27-12-6-8-17-19(10-12)30-22(23-17)24-20(25)11-28-13-5-7-15-14-3-2-4-16(14)21(26)29-18(15)9-13/h5-10H,2-4,11H2,1H3,(H,23,24,25). The lowest BCUT2D eigenvalue weighted by molar-refractivity contribution is -0.118. The van der Waals surface area contributed by atoms with Crippen molar-refractivity contribution in [2.24, 2.45) is 0 Å². The van der Waals surface area contributed by atoms with Gasteiger partial charge in [0.25, 0.3) is 5.91 Å². The first kappa shape index (κ1) is 18.6. The lowest BCUT2D eigenvalue weighted by Crippen LogP contribution is -2.20. The normalized spacial score (nSPS) is 12.8. The van der Waals surface area contributed by atoms with Crippen molar-refractivity contribution in [1.29, 1.82) is 0 Å². The Bertz CT molecular complexity index is 1340. The van der Waals surface area contributed by atoms with Gasteiger partial charge in [-0.25, -0.2) is 9.78 Å². The number of fused-ring (bicyclic) bond motifs is 4. The predicted molar refractivity (Wildman–Crippen MR) is 115 cm³/mol. The van der Waals surface area contributed by atoms with Crippen molar-refractivity contribution in [2.75, 3.05) is 19.0 Å². The first-order valence-electron chi connectivity index (χ1n) is 9.56. The number of methoxy groups -OCH3 is 1. The van der Waals surface area contributed by atoms with Crippen LogP contribution < -0.4 is 20.4 Å². The van der Waals surface area contributed by atoms with Gasteiger partial charge in [-0.1, -0.05) is 11.3 Å². The van der Waals surface area contributed by atoms with Gasteiger partial charge in [0.2, 0.25) is 0 Å². The average Bonchev–Trinajstić information content (AvgIpc) is 3.38. The maximum Gasteiger partial charge on any atom is 0.339 e. The van der Waals surface area contributed by atoms with Crippen molar-refractivity contribution in [3.63, 3.8) is 0 Å². The number of aromatic nitrogens is 1. The molecule has 2 aromatic heterocycles. The molecule has 0 saturated heterocycles. The largest absolute Gasteiger partial charge is 0.497 e. The van der Waals surface area contributed by atoms with Gasteiger partial charge < -0.3 is 13.9 Å². The van der Waals surface area contributed by atoms with E-state index in [1.54, 1.807) is 19.2 Å². The van der Waals surface area contributed by atoms with Crippen LogP contribution >= 0.6 is 11.3 Å². The average molecular weight is 422 g/mol. The molecule has 0 aliphatic heterocycles. The maximum atomic E-state index is 12.3. The Morgan fingerprint density at radius 2 is 2.00 bits per heavy atom. The van der Waals surface area contributed by atoms with Crippen LogP contribution in [-0.2, 0) is 17.6 Å². The Balaban J connectivity index is 1.29. The number of nitrogens with one attached hydrogen (secondary N) is 1. The monoisotopic (exact) mass is 422 g/mol. The molecule has 30 heavy (non-hydrogen) atoms. The lowest BCUT2D eigenvalue weighted by atomic mass is 10.1. The molecule has 7 nitrogen and oxygen atoms in total. The second-order valence-electron chi connectivity index (χ2n) is 7.05. The van der Waals surface area contributed by atoms with Crippen molar-refractivity contribution >= 4 is 43.6 Å². The van der Waals surface area contributed by atoms with Crippen LogP contribution in [0.4, 0.5) is 5.13 Å². The van der Waals surface area contributed by atoms with Gasteiger partial charge in [-0.05, 0) is 55.2 Å². The van der Waals surface area contributed by atoms with E-state index >= 15 is 0 Å². The van der Waals surface area contributed by atoms with Crippen LogP contribution in [0.1, 0.15) is 17.5 Å². The van der Waals surface area contributed by atoms with Crippen LogP contribution in [0.25, 0.3) is 21.2 Å². The number of ether oxygens (including phenoxy) is 2. The molecule has 1 aliphatic rings. The minimum atomic E-state index is -0.323. The Kier molecular flexibility index (Phi) is 4.63. The van der Waals surface area contributed by atoms with Crippen molar-refractivity contribution in [3.05, 3.63) is 57.9 Å². The van der Waals surface area contributed by atoms with Crippen LogP contribution in [-0.4, -0.2) is 24.6 Å². The molecule has 1 aliphatic carbocycles. The van der Waals surface area contributed by atoms with Crippen molar-refractivity contribution < 1.29 is 18.7 Å². The summed E-state index contributed by atoms with van der Waals surface area (Å²) in [6, 6.07) is 10.9. The molecule has 0 saturated carbocycles.